The molecular weight excluding hydrogens is 446 g/mol. The van der Waals surface area contributed by atoms with Crippen LogP contribution in [0.15, 0.2) is 35.5 Å². The average molecular weight is 480 g/mol. The number of hydrogen-bond donors (Lipinski definition) is 0. The van der Waals surface area contributed by atoms with Crippen molar-refractivity contribution >= 4 is 35.8 Å². The molecule has 0 aromatic heterocycles. The number of nitrogens with zero attached hydrogens (tertiary/aromatic N) is 3. The Hall–Kier alpha value is -1.70. The molecule has 2 heterocycles. The van der Waals surface area contributed by atoms with Crippen LogP contribution in [-0.2, 0) is 4.79 Å². The van der Waals surface area contributed by atoms with Gasteiger partial charge in [-0.3, -0.25) is 4.79 Å². The molecule has 32 heavy (non-hydrogen) atoms. The van der Waals surface area contributed by atoms with Gasteiger partial charge in [0.15, 0.2) is 11.5 Å². The predicted molar refractivity (Wildman–Crippen MR) is 133 cm³/mol. The van der Waals surface area contributed by atoms with Crippen molar-refractivity contribution in [2.24, 2.45) is 16.9 Å². The van der Waals surface area contributed by atoms with E-state index in [1.54, 1.807) is 14.2 Å². The van der Waals surface area contributed by atoms with E-state index in [2.05, 4.69) is 23.3 Å². The number of fused-ring (bicyclic) bond motifs is 1. The molecule has 8 heteroatoms. The number of carbonyl (C=O) groups is 1. The van der Waals surface area contributed by atoms with Gasteiger partial charge in [0.1, 0.15) is 0 Å². The number of hydrazone groups is 1. The fraction of sp³-hybridized carbons (Fsp3) is 0.583. The summed E-state index contributed by atoms with van der Waals surface area (Å²) in [5.41, 5.74) is 2.01. The van der Waals surface area contributed by atoms with Gasteiger partial charge in [-0.15, -0.1) is 12.4 Å². The van der Waals surface area contributed by atoms with Crippen molar-refractivity contribution in [3.8, 4) is 11.5 Å². The number of hydrogen-bond acceptors (Lipinski definition) is 6. The number of likely N-dealkylation sites (tertiary alicyclic amines) is 1. The first-order valence-corrected chi connectivity index (χ1v) is 12.6. The first kappa shape index (κ1) is 24.9. The highest BCUT2D eigenvalue weighted by Crippen LogP contribution is 2.38. The van der Waals surface area contributed by atoms with E-state index in [1.807, 2.05) is 35.0 Å². The number of carbonyl (C=O) groups excluding carboxylic acids is 1. The van der Waals surface area contributed by atoms with E-state index < -0.39 is 0 Å². The molecule has 1 aromatic carbocycles. The van der Waals surface area contributed by atoms with Gasteiger partial charge in [0, 0.05) is 36.9 Å². The zero-order chi connectivity index (χ0) is 21.8. The van der Waals surface area contributed by atoms with Crippen LogP contribution in [0.5, 0.6) is 11.5 Å². The average Bonchev–Trinajstić information content (AvgIpc) is 2.83. The highest BCUT2D eigenvalue weighted by molar-refractivity contribution is 7.98. The lowest BCUT2D eigenvalue weighted by atomic mass is 9.76. The summed E-state index contributed by atoms with van der Waals surface area (Å²) in [6.07, 6.45) is 10.1. The molecular formula is C24H34ClN3O3S. The van der Waals surface area contributed by atoms with E-state index in [0.29, 0.717) is 11.5 Å². The van der Waals surface area contributed by atoms with Crippen LogP contribution in [0.2, 0.25) is 0 Å². The minimum atomic E-state index is -0.0277. The lowest BCUT2D eigenvalue weighted by Gasteiger charge is -2.42. The second kappa shape index (κ2) is 11.4. The summed E-state index contributed by atoms with van der Waals surface area (Å²) in [4.78, 5) is 15.9. The zero-order valence-electron chi connectivity index (χ0n) is 19.2. The minimum absolute atomic E-state index is 0. The summed E-state index contributed by atoms with van der Waals surface area (Å²) < 4.78 is 10.9. The molecule has 0 radical (unpaired) electrons. The van der Waals surface area contributed by atoms with Gasteiger partial charge in [0.05, 0.1) is 31.9 Å². The van der Waals surface area contributed by atoms with Crippen LogP contribution >= 0.6 is 24.2 Å². The summed E-state index contributed by atoms with van der Waals surface area (Å²) in [5.74, 6) is 2.84. The molecule has 1 saturated heterocycles. The first-order valence-electron chi connectivity index (χ1n) is 11.2. The standard InChI is InChI=1S/C24H33N3O3S.ClH/c1-29-21-9-8-17(16-22(21)30-2)23-19-6-4-5-7-20(19)24(28)27(25-23)18-10-12-26(13-11-18)14-15-31-3;/h4-5,8-9,16,18-20H,6-7,10-15H2,1-3H3;1H/t19-,20+;/m0./s1. The number of amides is 1. The molecule has 0 unspecified atom stereocenters. The fourth-order valence-electron chi connectivity index (χ4n) is 4.94. The number of methoxy groups -OCH3 is 2. The number of allylic oxidation sites excluding steroid dienone is 2. The minimum Gasteiger partial charge on any atom is -0.493 e. The number of thioether (sulfide) groups is 1. The van der Waals surface area contributed by atoms with E-state index in [0.717, 1.165) is 62.3 Å². The monoisotopic (exact) mass is 479 g/mol. The zero-order valence-corrected chi connectivity index (χ0v) is 20.8. The van der Waals surface area contributed by atoms with Crippen molar-refractivity contribution in [1.82, 2.24) is 9.91 Å². The fourth-order valence-corrected chi connectivity index (χ4v) is 5.38. The highest BCUT2D eigenvalue weighted by atomic mass is 35.5. The molecule has 0 N–H and O–H groups in total. The summed E-state index contributed by atoms with van der Waals surface area (Å²) in [6, 6.07) is 6.13. The van der Waals surface area contributed by atoms with Crippen LogP contribution in [0.4, 0.5) is 0 Å². The van der Waals surface area contributed by atoms with E-state index in [-0.39, 0.29) is 36.2 Å². The van der Waals surface area contributed by atoms with Crippen molar-refractivity contribution in [3.05, 3.63) is 35.9 Å². The second-order valence-corrected chi connectivity index (χ2v) is 9.44. The van der Waals surface area contributed by atoms with Gasteiger partial charge in [-0.25, -0.2) is 5.01 Å². The van der Waals surface area contributed by atoms with Gasteiger partial charge < -0.3 is 14.4 Å². The lowest BCUT2D eigenvalue weighted by molar-refractivity contribution is -0.141. The number of piperidine rings is 1. The Kier molecular flexibility index (Phi) is 8.91. The van der Waals surface area contributed by atoms with Crippen molar-refractivity contribution in [2.75, 3.05) is 45.9 Å². The Morgan fingerprint density at radius 3 is 2.41 bits per heavy atom. The second-order valence-electron chi connectivity index (χ2n) is 8.46. The van der Waals surface area contributed by atoms with Gasteiger partial charge in [0.2, 0.25) is 5.91 Å². The Balaban J connectivity index is 0.00000289. The van der Waals surface area contributed by atoms with Crippen LogP contribution in [0.1, 0.15) is 31.2 Å². The first-order chi connectivity index (χ1) is 15.2. The molecule has 1 fully saturated rings. The molecule has 0 bridgehead atoms. The largest absolute Gasteiger partial charge is 0.493 e. The van der Waals surface area contributed by atoms with Crippen LogP contribution in [0, 0.1) is 11.8 Å². The number of benzene rings is 1. The molecule has 1 aliphatic carbocycles. The molecule has 1 aromatic rings. The van der Waals surface area contributed by atoms with Gasteiger partial charge in [0.25, 0.3) is 0 Å². The summed E-state index contributed by atoms with van der Waals surface area (Å²) >= 11 is 1.89. The van der Waals surface area contributed by atoms with Crippen LogP contribution in [0.25, 0.3) is 0 Å². The van der Waals surface area contributed by atoms with Crippen molar-refractivity contribution in [1.29, 1.82) is 0 Å². The van der Waals surface area contributed by atoms with Crippen molar-refractivity contribution in [3.63, 3.8) is 0 Å². The molecule has 1 amide bonds. The highest BCUT2D eigenvalue weighted by Gasteiger charge is 2.42. The van der Waals surface area contributed by atoms with Crippen LogP contribution in [-0.4, -0.2) is 73.4 Å². The maximum atomic E-state index is 13.4. The van der Waals surface area contributed by atoms with Gasteiger partial charge in [-0.1, -0.05) is 12.2 Å². The van der Waals surface area contributed by atoms with E-state index in [9.17, 15) is 4.79 Å². The van der Waals surface area contributed by atoms with E-state index in [4.69, 9.17) is 14.6 Å². The lowest BCUT2D eigenvalue weighted by Crippen LogP contribution is -2.52. The summed E-state index contributed by atoms with van der Waals surface area (Å²) in [6.45, 7) is 3.19. The topological polar surface area (TPSA) is 54.4 Å². The van der Waals surface area contributed by atoms with Gasteiger partial charge >= 0.3 is 0 Å². The SMILES string of the molecule is COc1ccc(C2=NN(C3CCN(CCSC)CC3)C(=O)[C@@H]3CC=CC[C@H]23)cc1OC.Cl. The molecule has 4 rings (SSSR count). The molecule has 2 aliphatic heterocycles. The summed E-state index contributed by atoms with van der Waals surface area (Å²) in [5, 5.41) is 6.84. The van der Waals surface area contributed by atoms with E-state index in [1.165, 1.54) is 0 Å². The Labute approximate surface area is 201 Å². The number of rotatable bonds is 7. The van der Waals surface area contributed by atoms with Gasteiger partial charge in [-0.05, 0) is 50.1 Å². The maximum Gasteiger partial charge on any atom is 0.247 e. The third-order valence-corrected chi connectivity index (χ3v) is 7.33. The molecule has 0 saturated carbocycles. The quantitative estimate of drug-likeness (QED) is 0.551. The van der Waals surface area contributed by atoms with Crippen LogP contribution in [0.3, 0.4) is 0 Å². The normalized spacial score (nSPS) is 23.9. The Bertz CT molecular complexity index is 855. The molecule has 176 valence electrons. The van der Waals surface area contributed by atoms with Crippen LogP contribution < -0.4 is 9.47 Å². The smallest absolute Gasteiger partial charge is 0.247 e. The molecule has 2 atom stereocenters. The summed E-state index contributed by atoms with van der Waals surface area (Å²) in [7, 11) is 3.29. The van der Waals surface area contributed by atoms with Gasteiger partial charge in [-0.2, -0.15) is 16.9 Å². The predicted octanol–water partition coefficient (Wildman–Crippen LogP) is 4.08. The maximum absolute atomic E-state index is 13.4. The number of halogens is 1. The Morgan fingerprint density at radius 1 is 1.06 bits per heavy atom. The third kappa shape index (κ3) is 5.10. The third-order valence-electron chi connectivity index (χ3n) is 6.74. The molecule has 0 spiro atoms. The van der Waals surface area contributed by atoms with Crippen molar-refractivity contribution < 1.29 is 14.3 Å². The molecule has 3 aliphatic rings. The van der Waals surface area contributed by atoms with E-state index >= 15 is 0 Å². The Morgan fingerprint density at radius 2 is 1.75 bits per heavy atom. The molecule has 6 nitrogen and oxygen atoms in total. The van der Waals surface area contributed by atoms with Crippen molar-refractivity contribution in [2.45, 2.75) is 31.7 Å². The number of ether oxygens (including phenoxy) is 2.